The van der Waals surface area contributed by atoms with E-state index in [0.29, 0.717) is 0 Å². The Morgan fingerprint density at radius 3 is 2.08 bits per heavy atom. The number of hydrogen-bond acceptors (Lipinski definition) is 1. The molecule has 1 atom stereocenters. The third-order valence-electron chi connectivity index (χ3n) is 1.77. The van der Waals surface area contributed by atoms with Crippen molar-refractivity contribution in [3.8, 4) is 0 Å². The molecule has 0 saturated carbocycles. The Labute approximate surface area is 87.5 Å². The molecule has 1 aromatic rings. The first-order valence-corrected chi connectivity index (χ1v) is 3.95. The SMILES string of the molecule is CC(C)C(O)c1ccccc1.[H-].[Li+]. The summed E-state index contributed by atoms with van der Waals surface area (Å²) in [6.07, 6.45) is -0.323. The van der Waals surface area contributed by atoms with Gasteiger partial charge in [-0.1, -0.05) is 44.2 Å². The molecule has 0 amide bonds. The third-order valence-corrected chi connectivity index (χ3v) is 1.77. The predicted molar refractivity (Wildman–Crippen MR) is 47.4 cm³/mol. The van der Waals surface area contributed by atoms with Crippen LogP contribution in [0.5, 0.6) is 0 Å². The first-order chi connectivity index (χ1) is 5.22. The molecule has 1 rings (SSSR count). The van der Waals surface area contributed by atoms with Crippen LogP contribution >= 0.6 is 0 Å². The van der Waals surface area contributed by atoms with Crippen molar-refractivity contribution >= 4 is 0 Å². The maximum atomic E-state index is 9.60. The van der Waals surface area contributed by atoms with Crippen LogP contribution in [-0.4, -0.2) is 5.11 Å². The van der Waals surface area contributed by atoms with E-state index >= 15 is 0 Å². The average molecular weight is 158 g/mol. The summed E-state index contributed by atoms with van der Waals surface area (Å²) in [7, 11) is 0. The van der Waals surface area contributed by atoms with Crippen molar-refractivity contribution in [3.63, 3.8) is 0 Å². The van der Waals surface area contributed by atoms with Crippen LogP contribution < -0.4 is 18.9 Å². The predicted octanol–water partition coefficient (Wildman–Crippen LogP) is -0.508. The molecule has 1 unspecified atom stereocenters. The van der Waals surface area contributed by atoms with Crippen LogP contribution in [0.4, 0.5) is 0 Å². The van der Waals surface area contributed by atoms with Gasteiger partial charge < -0.3 is 6.53 Å². The maximum Gasteiger partial charge on any atom is 1.00 e. The molecule has 2 heteroatoms. The van der Waals surface area contributed by atoms with Crippen molar-refractivity contribution in [1.82, 2.24) is 0 Å². The number of aliphatic hydroxyl groups is 1. The smallest absolute Gasteiger partial charge is 1.00 e. The van der Waals surface area contributed by atoms with Crippen molar-refractivity contribution in [1.29, 1.82) is 0 Å². The van der Waals surface area contributed by atoms with Gasteiger partial charge in [-0.05, 0) is 11.5 Å². The molecule has 0 aliphatic carbocycles. The minimum atomic E-state index is -0.323. The molecule has 1 N–H and O–H groups in total. The molecule has 0 radical (unpaired) electrons. The summed E-state index contributed by atoms with van der Waals surface area (Å²) in [6.45, 7) is 4.02. The van der Waals surface area contributed by atoms with Crippen LogP contribution in [0.3, 0.4) is 0 Å². The van der Waals surface area contributed by atoms with Gasteiger partial charge in [-0.3, -0.25) is 0 Å². The number of aliphatic hydroxyl groups excluding tert-OH is 1. The van der Waals surface area contributed by atoms with Crippen molar-refractivity contribution in [2.75, 3.05) is 0 Å². The summed E-state index contributed by atoms with van der Waals surface area (Å²) in [5, 5.41) is 9.60. The third kappa shape index (κ3) is 3.03. The topological polar surface area (TPSA) is 20.2 Å². The van der Waals surface area contributed by atoms with Gasteiger partial charge in [0.05, 0.1) is 6.10 Å². The van der Waals surface area contributed by atoms with Crippen molar-refractivity contribution in [3.05, 3.63) is 35.9 Å². The van der Waals surface area contributed by atoms with E-state index in [1.165, 1.54) is 0 Å². The van der Waals surface area contributed by atoms with Gasteiger partial charge in [-0.25, -0.2) is 0 Å². The second-order valence-corrected chi connectivity index (χ2v) is 3.10. The Hall–Kier alpha value is -0.223. The van der Waals surface area contributed by atoms with E-state index in [4.69, 9.17) is 0 Å². The van der Waals surface area contributed by atoms with Crippen molar-refractivity contribution in [2.24, 2.45) is 5.92 Å². The van der Waals surface area contributed by atoms with Crippen molar-refractivity contribution < 1.29 is 25.4 Å². The fraction of sp³-hybridized carbons (Fsp3) is 0.400. The Balaban J connectivity index is 0. The van der Waals surface area contributed by atoms with E-state index < -0.39 is 0 Å². The Bertz CT molecular complexity index is 213. The summed E-state index contributed by atoms with van der Waals surface area (Å²) in [5.41, 5.74) is 1.00. The van der Waals surface area contributed by atoms with E-state index in [1.54, 1.807) is 0 Å². The maximum absolute atomic E-state index is 9.60. The van der Waals surface area contributed by atoms with Gasteiger partial charge in [0, 0.05) is 0 Å². The first kappa shape index (κ1) is 11.8. The molecule has 0 saturated heterocycles. The minimum Gasteiger partial charge on any atom is -1.00 e. The standard InChI is InChI=1S/C10H14O.Li.H/c1-8(2)10(11)9-6-4-3-5-7-9;;/h3-8,10-11H,1-2H3;;/q;+1;-1. The van der Waals surface area contributed by atoms with Gasteiger partial charge in [0.2, 0.25) is 0 Å². The molecule has 0 aromatic heterocycles. The van der Waals surface area contributed by atoms with Gasteiger partial charge in [-0.15, -0.1) is 0 Å². The van der Waals surface area contributed by atoms with Crippen LogP contribution in [0.25, 0.3) is 0 Å². The van der Waals surface area contributed by atoms with Crippen LogP contribution in [0.15, 0.2) is 30.3 Å². The fourth-order valence-corrected chi connectivity index (χ4v) is 1.04. The van der Waals surface area contributed by atoms with E-state index in [-0.39, 0.29) is 32.3 Å². The van der Waals surface area contributed by atoms with Gasteiger partial charge in [0.1, 0.15) is 0 Å². The molecule has 0 bridgehead atoms. The molecule has 0 aliphatic rings. The average Bonchev–Trinajstić information content (AvgIpc) is 2.05. The van der Waals surface area contributed by atoms with Crippen LogP contribution in [0, 0.1) is 5.92 Å². The second-order valence-electron chi connectivity index (χ2n) is 3.10. The van der Waals surface area contributed by atoms with E-state index in [9.17, 15) is 5.11 Å². The molecule has 12 heavy (non-hydrogen) atoms. The molecule has 0 spiro atoms. The quantitative estimate of drug-likeness (QED) is 0.575. The molecular formula is C10H15LiO. The Kier molecular flexibility index (Phi) is 5.33. The summed E-state index contributed by atoms with van der Waals surface area (Å²) in [5.74, 6) is 0.289. The molecule has 1 aromatic carbocycles. The monoisotopic (exact) mass is 158 g/mol. The zero-order valence-corrected chi connectivity index (χ0v) is 7.99. The normalized spacial score (nSPS) is 12.3. The molecular weight excluding hydrogens is 143 g/mol. The summed E-state index contributed by atoms with van der Waals surface area (Å²) < 4.78 is 0. The van der Waals surface area contributed by atoms with E-state index in [0.717, 1.165) is 5.56 Å². The van der Waals surface area contributed by atoms with Crippen LogP contribution in [-0.2, 0) is 0 Å². The second kappa shape index (κ2) is 5.43. The van der Waals surface area contributed by atoms with Gasteiger partial charge >= 0.3 is 18.9 Å². The number of rotatable bonds is 2. The number of benzene rings is 1. The molecule has 0 fully saturated rings. The molecule has 62 valence electrons. The van der Waals surface area contributed by atoms with E-state index in [1.807, 2.05) is 44.2 Å². The summed E-state index contributed by atoms with van der Waals surface area (Å²) in [4.78, 5) is 0. The fourth-order valence-electron chi connectivity index (χ4n) is 1.04. The molecule has 0 aliphatic heterocycles. The van der Waals surface area contributed by atoms with E-state index in [2.05, 4.69) is 0 Å². The largest absolute Gasteiger partial charge is 1.00 e. The zero-order valence-electron chi connectivity index (χ0n) is 8.99. The summed E-state index contributed by atoms with van der Waals surface area (Å²) in [6, 6.07) is 9.74. The Morgan fingerprint density at radius 1 is 1.17 bits per heavy atom. The van der Waals surface area contributed by atoms with Crippen LogP contribution in [0.2, 0.25) is 0 Å². The zero-order chi connectivity index (χ0) is 8.27. The van der Waals surface area contributed by atoms with Crippen molar-refractivity contribution in [2.45, 2.75) is 20.0 Å². The van der Waals surface area contributed by atoms with Crippen LogP contribution in [0.1, 0.15) is 26.9 Å². The minimum absolute atomic E-state index is 0. The first-order valence-electron chi connectivity index (χ1n) is 3.95. The number of hydrogen-bond donors (Lipinski definition) is 1. The van der Waals surface area contributed by atoms with Gasteiger partial charge in [0.15, 0.2) is 0 Å². The molecule has 0 heterocycles. The summed E-state index contributed by atoms with van der Waals surface area (Å²) >= 11 is 0. The Morgan fingerprint density at radius 2 is 1.67 bits per heavy atom. The molecule has 1 nitrogen and oxygen atoms in total. The van der Waals surface area contributed by atoms with Gasteiger partial charge in [0.25, 0.3) is 0 Å². The van der Waals surface area contributed by atoms with Gasteiger partial charge in [-0.2, -0.15) is 0 Å².